The molecule has 4 atom stereocenters. The first-order valence-electron chi connectivity index (χ1n) is 12.7. The van der Waals surface area contributed by atoms with E-state index in [1.807, 2.05) is 20.8 Å². The molecule has 2 amide bonds. The van der Waals surface area contributed by atoms with Crippen LogP contribution in [-0.4, -0.2) is 40.6 Å². The number of benzene rings is 2. The molecule has 38 heavy (non-hydrogen) atoms. The van der Waals surface area contributed by atoms with Crippen LogP contribution in [0.1, 0.15) is 64.0 Å². The molecule has 2 aliphatic heterocycles. The smallest absolute Gasteiger partial charge is 0.238 e. The van der Waals surface area contributed by atoms with E-state index >= 15 is 4.39 Å². The Balaban J connectivity index is 1.71. The first kappa shape index (κ1) is 27.3. The summed E-state index contributed by atoms with van der Waals surface area (Å²) in [6.45, 7) is 7.69. The molecular weight excluding hydrogens is 535 g/mol. The van der Waals surface area contributed by atoms with Crippen LogP contribution in [0.4, 0.5) is 14.5 Å². The molecule has 1 spiro atoms. The fraction of sp³-hybridized carbons (Fsp3) is 0.500. The number of aliphatic hydroxyl groups is 1. The molecule has 1 unspecified atom stereocenters. The van der Waals surface area contributed by atoms with Crippen LogP contribution in [0.25, 0.3) is 0 Å². The molecule has 6 nitrogen and oxygen atoms in total. The largest absolute Gasteiger partial charge is 0.390 e. The van der Waals surface area contributed by atoms with E-state index in [1.165, 1.54) is 24.3 Å². The number of nitrogens with one attached hydrogen (secondary N) is 3. The summed E-state index contributed by atoms with van der Waals surface area (Å²) in [7, 11) is 0. The molecule has 1 saturated heterocycles. The zero-order chi connectivity index (χ0) is 27.8. The lowest BCUT2D eigenvalue weighted by Crippen LogP contribution is -2.57. The first-order valence-corrected chi connectivity index (χ1v) is 13.4. The molecular formula is C28H31Cl2F2N3O3. The minimum atomic E-state index is -1.54. The van der Waals surface area contributed by atoms with Gasteiger partial charge in [-0.25, -0.2) is 8.78 Å². The topological polar surface area (TPSA) is 90.5 Å². The van der Waals surface area contributed by atoms with Gasteiger partial charge in [-0.05, 0) is 60.9 Å². The van der Waals surface area contributed by atoms with Crippen LogP contribution in [0.5, 0.6) is 0 Å². The first-order chi connectivity index (χ1) is 17.6. The van der Waals surface area contributed by atoms with Crippen molar-refractivity contribution >= 4 is 40.7 Å². The molecule has 2 aromatic carbocycles. The summed E-state index contributed by atoms with van der Waals surface area (Å²) in [6.07, 6.45) is 1.18. The molecule has 2 heterocycles. The predicted octanol–water partition coefficient (Wildman–Crippen LogP) is 5.05. The fourth-order valence-electron chi connectivity index (χ4n) is 6.56. The maximum Gasteiger partial charge on any atom is 0.238 e. The second kappa shape index (κ2) is 9.15. The molecule has 10 heteroatoms. The fourth-order valence-corrected chi connectivity index (χ4v) is 6.90. The summed E-state index contributed by atoms with van der Waals surface area (Å²) >= 11 is 12.2. The average molecular weight is 566 g/mol. The Hall–Kier alpha value is -2.26. The summed E-state index contributed by atoms with van der Waals surface area (Å²) < 4.78 is 30.7. The number of carbonyl (C=O) groups is 2. The van der Waals surface area contributed by atoms with Gasteiger partial charge in [0.2, 0.25) is 11.8 Å². The van der Waals surface area contributed by atoms with E-state index < -0.39 is 52.5 Å². The number of hydrogen-bond acceptors (Lipinski definition) is 4. The summed E-state index contributed by atoms with van der Waals surface area (Å²) in [5, 5.41) is 19.0. The van der Waals surface area contributed by atoms with Crippen LogP contribution in [0.15, 0.2) is 30.3 Å². The molecule has 5 rings (SSSR count). The lowest BCUT2D eigenvalue weighted by molar-refractivity contribution is -0.127. The van der Waals surface area contributed by atoms with Crippen LogP contribution in [-0.2, 0) is 15.0 Å². The molecule has 2 fully saturated rings. The van der Waals surface area contributed by atoms with E-state index in [4.69, 9.17) is 23.2 Å². The van der Waals surface area contributed by atoms with Crippen molar-refractivity contribution in [3.63, 3.8) is 0 Å². The van der Waals surface area contributed by atoms with Gasteiger partial charge in [0.05, 0.1) is 21.7 Å². The van der Waals surface area contributed by atoms with Gasteiger partial charge in [0, 0.05) is 23.7 Å². The van der Waals surface area contributed by atoms with E-state index in [9.17, 15) is 19.1 Å². The summed E-state index contributed by atoms with van der Waals surface area (Å²) in [5.41, 5.74) is -1.99. The molecule has 4 N–H and O–H groups in total. The van der Waals surface area contributed by atoms with Crippen molar-refractivity contribution in [2.45, 2.75) is 82.0 Å². The second-order valence-electron chi connectivity index (χ2n) is 12.3. The number of amides is 2. The number of anilines is 1. The number of carbonyl (C=O) groups excluding carboxylic acids is 2. The third-order valence-electron chi connectivity index (χ3n) is 8.02. The third kappa shape index (κ3) is 4.39. The molecule has 1 saturated carbocycles. The zero-order valence-corrected chi connectivity index (χ0v) is 23.1. The van der Waals surface area contributed by atoms with Gasteiger partial charge in [-0.15, -0.1) is 0 Å². The maximum absolute atomic E-state index is 15.7. The molecule has 2 aromatic rings. The van der Waals surface area contributed by atoms with Gasteiger partial charge in [-0.3, -0.25) is 9.59 Å². The van der Waals surface area contributed by atoms with E-state index in [1.54, 1.807) is 13.0 Å². The van der Waals surface area contributed by atoms with E-state index in [0.29, 0.717) is 30.5 Å². The Morgan fingerprint density at radius 1 is 1.18 bits per heavy atom. The maximum atomic E-state index is 15.7. The Kier molecular flexibility index (Phi) is 6.58. The van der Waals surface area contributed by atoms with Gasteiger partial charge < -0.3 is 21.1 Å². The van der Waals surface area contributed by atoms with Gasteiger partial charge in [-0.1, -0.05) is 56.1 Å². The summed E-state index contributed by atoms with van der Waals surface area (Å²) in [4.78, 5) is 27.9. The standard InChI is InChI=1S/C28H31Cl2F2N3O3/c1-26(2,3)12-20-28(15-8-18(31)17(30)9-19(15)34-25(28)37)21(14-6-5-7-16(29)22(14)32)23(35-20)24(36)33-13-10-27(4,38)11-13/h5-9,13,20-21,23,35,38H,10-12H2,1-4H3,(H,33,36)(H,34,37)/t13?,20-,21-,23+,27?,28?/m0/s1. The van der Waals surface area contributed by atoms with Gasteiger partial charge in [0.1, 0.15) is 17.0 Å². The third-order valence-corrected chi connectivity index (χ3v) is 8.60. The Labute approximate surface area is 230 Å². The van der Waals surface area contributed by atoms with Crippen LogP contribution in [0, 0.1) is 17.0 Å². The van der Waals surface area contributed by atoms with Crippen molar-refractivity contribution in [2.75, 3.05) is 5.32 Å². The monoisotopic (exact) mass is 565 g/mol. The molecule has 1 aliphatic carbocycles. The van der Waals surface area contributed by atoms with Crippen LogP contribution in [0.2, 0.25) is 10.0 Å². The van der Waals surface area contributed by atoms with Crippen LogP contribution in [0.3, 0.4) is 0 Å². The number of hydrogen-bond donors (Lipinski definition) is 4. The van der Waals surface area contributed by atoms with Gasteiger partial charge in [-0.2, -0.15) is 0 Å². The summed E-state index contributed by atoms with van der Waals surface area (Å²) in [5.74, 6) is -3.41. The Morgan fingerprint density at radius 2 is 1.87 bits per heavy atom. The molecule has 0 bridgehead atoms. The van der Waals surface area contributed by atoms with Crippen molar-refractivity contribution < 1.29 is 23.5 Å². The Morgan fingerprint density at radius 3 is 2.50 bits per heavy atom. The number of rotatable bonds is 4. The molecule has 204 valence electrons. The van der Waals surface area contributed by atoms with Crippen molar-refractivity contribution in [3.8, 4) is 0 Å². The highest BCUT2D eigenvalue weighted by molar-refractivity contribution is 6.31. The van der Waals surface area contributed by atoms with Crippen molar-refractivity contribution in [1.29, 1.82) is 0 Å². The van der Waals surface area contributed by atoms with Crippen LogP contribution < -0.4 is 16.0 Å². The highest BCUT2D eigenvalue weighted by atomic mass is 35.5. The van der Waals surface area contributed by atoms with Crippen molar-refractivity contribution in [1.82, 2.24) is 10.6 Å². The average Bonchev–Trinajstić information content (AvgIpc) is 3.24. The zero-order valence-electron chi connectivity index (χ0n) is 21.6. The van der Waals surface area contributed by atoms with Gasteiger partial charge >= 0.3 is 0 Å². The number of halogens is 4. The van der Waals surface area contributed by atoms with E-state index in [-0.39, 0.29) is 27.1 Å². The van der Waals surface area contributed by atoms with Gasteiger partial charge in [0.15, 0.2) is 0 Å². The molecule has 0 radical (unpaired) electrons. The van der Waals surface area contributed by atoms with Crippen molar-refractivity contribution in [3.05, 3.63) is 63.1 Å². The highest BCUT2D eigenvalue weighted by Crippen LogP contribution is 2.57. The quantitative estimate of drug-likeness (QED) is 0.417. The minimum absolute atomic E-state index is 0.0838. The predicted molar refractivity (Wildman–Crippen MR) is 142 cm³/mol. The van der Waals surface area contributed by atoms with E-state index in [2.05, 4.69) is 16.0 Å². The Bertz CT molecular complexity index is 1320. The molecule has 0 aromatic heterocycles. The summed E-state index contributed by atoms with van der Waals surface area (Å²) in [6, 6.07) is 5.08. The number of fused-ring (bicyclic) bond motifs is 2. The molecule has 3 aliphatic rings. The van der Waals surface area contributed by atoms with Crippen LogP contribution >= 0.6 is 23.2 Å². The second-order valence-corrected chi connectivity index (χ2v) is 13.1. The minimum Gasteiger partial charge on any atom is -0.390 e. The SMILES string of the molecule is CC(C)(C)C[C@@H]1N[C@@H](C(=O)NC2CC(C)(O)C2)[C@H](c2cccc(Cl)c2F)C12C(=O)Nc1cc(Cl)c(F)cc12. The van der Waals surface area contributed by atoms with E-state index in [0.717, 1.165) is 0 Å². The van der Waals surface area contributed by atoms with Crippen molar-refractivity contribution in [2.24, 2.45) is 5.41 Å². The lowest BCUT2D eigenvalue weighted by atomic mass is 9.62. The highest BCUT2D eigenvalue weighted by Gasteiger charge is 2.66. The normalized spacial score (nSPS) is 32.2. The lowest BCUT2D eigenvalue weighted by Gasteiger charge is -2.42. The van der Waals surface area contributed by atoms with Gasteiger partial charge in [0.25, 0.3) is 0 Å².